The van der Waals surface area contributed by atoms with Crippen molar-refractivity contribution < 1.29 is 9.90 Å². The molecule has 1 aliphatic rings. The number of ketones is 1. The molecule has 4 nitrogen and oxygen atoms in total. The zero-order valence-corrected chi connectivity index (χ0v) is 14.2. The van der Waals surface area contributed by atoms with Gasteiger partial charge in [0.15, 0.2) is 5.78 Å². The molecule has 0 aliphatic heterocycles. The second kappa shape index (κ2) is 6.99. The number of carbonyl (C=O) groups is 1. The second-order valence-electron chi connectivity index (χ2n) is 7.02. The lowest BCUT2D eigenvalue weighted by Gasteiger charge is -2.31. The van der Waals surface area contributed by atoms with E-state index in [4.69, 9.17) is 5.73 Å². The van der Waals surface area contributed by atoms with Crippen LogP contribution in [0.5, 0.6) is 0 Å². The number of anilines is 1. The molecule has 0 saturated heterocycles. The van der Waals surface area contributed by atoms with E-state index in [0.29, 0.717) is 36.2 Å². The molecule has 0 atom stereocenters. The number of allylic oxidation sites excluding steroid dienone is 2. The Labute approximate surface area is 138 Å². The summed E-state index contributed by atoms with van der Waals surface area (Å²) < 4.78 is 0. The topological polar surface area (TPSA) is 75.7 Å². The number of carbonyl (C=O) groups excluding carboxylic acids is 1. The molecular weight excluding hydrogens is 288 g/mol. The number of nitrogen functional groups attached to an aromatic ring is 1. The highest BCUT2D eigenvalue weighted by Crippen LogP contribution is 2.36. The summed E-state index contributed by atoms with van der Waals surface area (Å²) in [6.45, 7) is 6.18. The highest BCUT2D eigenvalue weighted by molar-refractivity contribution is 6.25. The van der Waals surface area contributed by atoms with Crippen LogP contribution in [0.25, 0.3) is 0 Å². The quantitative estimate of drug-likeness (QED) is 0.479. The van der Waals surface area contributed by atoms with Gasteiger partial charge in [-0.15, -0.1) is 0 Å². The number of hydrogen-bond donors (Lipinski definition) is 2. The minimum absolute atomic E-state index is 0.0101. The summed E-state index contributed by atoms with van der Waals surface area (Å²) in [7, 11) is 0. The van der Waals surface area contributed by atoms with Crippen LogP contribution in [-0.2, 0) is 4.79 Å². The third-order valence-electron chi connectivity index (χ3n) is 4.07. The van der Waals surface area contributed by atoms with Gasteiger partial charge in [-0.05, 0) is 42.5 Å². The van der Waals surface area contributed by atoms with Crippen molar-refractivity contribution in [3.63, 3.8) is 0 Å². The molecule has 1 fully saturated rings. The van der Waals surface area contributed by atoms with Gasteiger partial charge in [-0.25, -0.2) is 0 Å². The Balaban J connectivity index is 2.44. The van der Waals surface area contributed by atoms with Crippen molar-refractivity contribution in [1.29, 1.82) is 0 Å². The predicted molar refractivity (Wildman–Crippen MR) is 95.2 cm³/mol. The maximum absolute atomic E-state index is 12.6. The first-order chi connectivity index (χ1) is 10.8. The normalized spacial score (nSPS) is 21.5. The maximum Gasteiger partial charge on any atom is 0.168 e. The Kier molecular flexibility index (Phi) is 5.24. The lowest BCUT2D eigenvalue weighted by Crippen LogP contribution is -2.32. The highest BCUT2D eigenvalue weighted by atomic mass is 16.3. The molecule has 0 spiro atoms. The van der Waals surface area contributed by atoms with E-state index in [9.17, 15) is 9.90 Å². The molecule has 23 heavy (non-hydrogen) atoms. The largest absolute Gasteiger partial charge is 0.511 e. The molecule has 0 amide bonds. The van der Waals surface area contributed by atoms with Crippen LogP contribution < -0.4 is 5.73 Å². The lowest BCUT2D eigenvalue weighted by molar-refractivity contribution is -0.117. The molecule has 1 aromatic rings. The monoisotopic (exact) mass is 314 g/mol. The maximum atomic E-state index is 12.6. The summed E-state index contributed by atoms with van der Waals surface area (Å²) in [5.74, 6) is 0.172. The van der Waals surface area contributed by atoms with Crippen LogP contribution in [0.15, 0.2) is 40.6 Å². The van der Waals surface area contributed by atoms with Gasteiger partial charge in [-0.1, -0.05) is 27.2 Å². The van der Waals surface area contributed by atoms with Gasteiger partial charge in [-0.3, -0.25) is 9.79 Å². The van der Waals surface area contributed by atoms with Gasteiger partial charge in [0.1, 0.15) is 5.76 Å². The first kappa shape index (κ1) is 17.3. The number of aliphatic imine (C=N–C) groups is 1. The van der Waals surface area contributed by atoms with Crippen LogP contribution in [0.1, 0.15) is 52.9 Å². The second-order valence-corrected chi connectivity index (χ2v) is 7.02. The van der Waals surface area contributed by atoms with Crippen molar-refractivity contribution in [3.8, 4) is 0 Å². The van der Waals surface area contributed by atoms with Gasteiger partial charge in [0, 0.05) is 18.5 Å². The summed E-state index contributed by atoms with van der Waals surface area (Å²) in [6.07, 6.45) is 3.48. The molecular formula is C19H26N2O2. The van der Waals surface area contributed by atoms with Crippen molar-refractivity contribution in [2.24, 2.45) is 10.4 Å². The summed E-state index contributed by atoms with van der Waals surface area (Å²) in [4.78, 5) is 17.2. The fourth-order valence-electron chi connectivity index (χ4n) is 2.88. The summed E-state index contributed by atoms with van der Waals surface area (Å²) >= 11 is 0. The molecule has 0 heterocycles. The number of nitrogens with zero attached hydrogens (tertiary/aromatic N) is 1. The van der Waals surface area contributed by atoms with Crippen LogP contribution in [0, 0.1) is 5.41 Å². The molecule has 4 heteroatoms. The Morgan fingerprint density at radius 3 is 2.52 bits per heavy atom. The molecule has 1 saturated carbocycles. The fourth-order valence-corrected chi connectivity index (χ4v) is 2.88. The van der Waals surface area contributed by atoms with Crippen molar-refractivity contribution in [2.75, 3.05) is 5.73 Å². The van der Waals surface area contributed by atoms with E-state index >= 15 is 0 Å². The SMILES string of the molecule is CCCC/C(O)=C1\C(=O)CC(C)(C)CC1=Nc1ccc(N)cc1. The number of aliphatic hydroxyl groups excluding tert-OH is 1. The van der Waals surface area contributed by atoms with Gasteiger partial charge < -0.3 is 10.8 Å². The average Bonchev–Trinajstić information content (AvgIpc) is 2.45. The van der Waals surface area contributed by atoms with E-state index in [1.807, 2.05) is 12.1 Å². The molecule has 0 bridgehead atoms. The van der Waals surface area contributed by atoms with Crippen LogP contribution in [-0.4, -0.2) is 16.6 Å². The van der Waals surface area contributed by atoms with Gasteiger partial charge >= 0.3 is 0 Å². The number of benzene rings is 1. The minimum Gasteiger partial charge on any atom is -0.511 e. The van der Waals surface area contributed by atoms with E-state index in [1.54, 1.807) is 12.1 Å². The summed E-state index contributed by atoms with van der Waals surface area (Å²) in [5, 5.41) is 10.4. The molecule has 1 aromatic carbocycles. The minimum atomic E-state index is -0.141. The summed E-state index contributed by atoms with van der Waals surface area (Å²) in [6, 6.07) is 7.23. The average molecular weight is 314 g/mol. The number of nitrogens with two attached hydrogens (primary N) is 1. The highest BCUT2D eigenvalue weighted by Gasteiger charge is 2.36. The molecule has 0 unspecified atom stereocenters. The van der Waals surface area contributed by atoms with Gasteiger partial charge in [-0.2, -0.15) is 0 Å². The lowest BCUT2D eigenvalue weighted by atomic mass is 9.73. The number of unbranched alkanes of at least 4 members (excludes halogenated alkanes) is 1. The number of Topliss-reactive ketones (excluding diaryl/α,β-unsaturated/α-hetero) is 1. The fraction of sp³-hybridized carbons (Fsp3) is 0.474. The smallest absolute Gasteiger partial charge is 0.168 e. The van der Waals surface area contributed by atoms with E-state index in [-0.39, 0.29) is 17.0 Å². The van der Waals surface area contributed by atoms with Gasteiger partial charge in [0.2, 0.25) is 0 Å². The van der Waals surface area contributed by atoms with Crippen LogP contribution in [0.4, 0.5) is 11.4 Å². The number of rotatable bonds is 4. The zero-order valence-electron chi connectivity index (χ0n) is 14.2. The Bertz CT molecular complexity index is 640. The molecule has 0 radical (unpaired) electrons. The molecule has 2 rings (SSSR count). The zero-order chi connectivity index (χ0) is 17.0. The van der Waals surface area contributed by atoms with E-state index in [1.165, 1.54) is 0 Å². The number of hydrogen-bond acceptors (Lipinski definition) is 4. The van der Waals surface area contributed by atoms with E-state index < -0.39 is 0 Å². The van der Waals surface area contributed by atoms with Crippen LogP contribution in [0.3, 0.4) is 0 Å². The molecule has 1 aliphatic carbocycles. The van der Waals surface area contributed by atoms with Crippen molar-refractivity contribution in [3.05, 3.63) is 35.6 Å². The van der Waals surface area contributed by atoms with Crippen molar-refractivity contribution in [1.82, 2.24) is 0 Å². The third-order valence-corrected chi connectivity index (χ3v) is 4.07. The van der Waals surface area contributed by atoms with Gasteiger partial charge in [0.25, 0.3) is 0 Å². The van der Waals surface area contributed by atoms with E-state index in [0.717, 1.165) is 18.5 Å². The standard InChI is InChI=1S/C19H26N2O2/c1-4-5-6-16(22)18-15(11-19(2,3)12-17(18)23)21-14-9-7-13(20)8-10-14/h7-10,22H,4-6,11-12,20H2,1-3H3/b18-16+,21-15?. The van der Waals surface area contributed by atoms with Crippen LogP contribution in [0.2, 0.25) is 0 Å². The molecule has 124 valence electrons. The van der Waals surface area contributed by atoms with E-state index in [2.05, 4.69) is 25.8 Å². The Morgan fingerprint density at radius 2 is 1.91 bits per heavy atom. The first-order valence-electron chi connectivity index (χ1n) is 8.21. The molecule has 3 N–H and O–H groups in total. The van der Waals surface area contributed by atoms with Crippen molar-refractivity contribution in [2.45, 2.75) is 52.9 Å². The predicted octanol–water partition coefficient (Wildman–Crippen LogP) is 4.73. The molecule has 0 aromatic heterocycles. The Morgan fingerprint density at radius 1 is 1.26 bits per heavy atom. The summed E-state index contributed by atoms with van der Waals surface area (Å²) in [5.41, 5.74) is 8.10. The van der Waals surface area contributed by atoms with Gasteiger partial charge in [0.05, 0.1) is 17.0 Å². The Hall–Kier alpha value is -2.10. The van der Waals surface area contributed by atoms with Crippen molar-refractivity contribution >= 4 is 22.9 Å². The number of aliphatic hydroxyl groups is 1. The van der Waals surface area contributed by atoms with Crippen LogP contribution >= 0.6 is 0 Å². The first-order valence-corrected chi connectivity index (χ1v) is 8.21. The third kappa shape index (κ3) is 4.44.